The maximum atomic E-state index is 13.5. The Balaban J connectivity index is 1.87. The normalized spacial score (nSPS) is 16.3. The first-order valence-corrected chi connectivity index (χ1v) is 11.8. The average molecular weight is 427 g/mol. The fraction of sp³-hybridized carbons (Fsp3) is 0.520. The van der Waals surface area contributed by atoms with Gasteiger partial charge < -0.3 is 9.80 Å². The van der Waals surface area contributed by atoms with E-state index in [1.165, 1.54) is 21.6 Å². The Morgan fingerprint density at radius 1 is 1.17 bits per heavy atom. The second-order valence-electron chi connectivity index (χ2n) is 9.45. The molecule has 0 spiro atoms. The lowest BCUT2D eigenvalue weighted by molar-refractivity contribution is -0.142. The predicted molar refractivity (Wildman–Crippen MR) is 124 cm³/mol. The molecule has 0 saturated carbocycles. The standard InChI is InChI=1S/C25H34N2O2S/c1-6-13-26(22(28)16-25(3,4)5)17-23(29)27-14-11-21-20(12-15-30-21)24(27)19-10-8-7-9-18(19)2/h7-10,12,15,24H,6,11,13-14,16-17H2,1-5H3/t24-/m0/s1. The van der Waals surface area contributed by atoms with Gasteiger partial charge in [0.2, 0.25) is 11.8 Å². The number of carbonyl (C=O) groups is 2. The average Bonchev–Trinajstić information content (AvgIpc) is 3.15. The van der Waals surface area contributed by atoms with Crippen molar-refractivity contribution >= 4 is 23.2 Å². The molecule has 1 aromatic heterocycles. The largest absolute Gasteiger partial charge is 0.333 e. The minimum Gasteiger partial charge on any atom is -0.333 e. The van der Waals surface area contributed by atoms with Crippen molar-refractivity contribution in [1.29, 1.82) is 0 Å². The maximum Gasteiger partial charge on any atom is 0.242 e. The van der Waals surface area contributed by atoms with Gasteiger partial charge in [0.15, 0.2) is 0 Å². The number of carbonyl (C=O) groups excluding carboxylic acids is 2. The Morgan fingerprint density at radius 2 is 1.90 bits per heavy atom. The Labute approximate surface area is 184 Å². The van der Waals surface area contributed by atoms with Crippen LogP contribution in [0.25, 0.3) is 0 Å². The number of fused-ring (bicyclic) bond motifs is 1. The molecule has 0 N–H and O–H groups in total. The molecule has 4 nitrogen and oxygen atoms in total. The number of benzene rings is 1. The third-order valence-electron chi connectivity index (χ3n) is 5.62. The Kier molecular flexibility index (Phi) is 7.02. The number of aryl methyl sites for hydroxylation is 1. The summed E-state index contributed by atoms with van der Waals surface area (Å²) in [7, 11) is 0. The van der Waals surface area contributed by atoms with E-state index in [4.69, 9.17) is 0 Å². The first kappa shape index (κ1) is 22.5. The number of rotatable bonds is 6. The van der Waals surface area contributed by atoms with Crippen LogP contribution < -0.4 is 0 Å². The van der Waals surface area contributed by atoms with Crippen molar-refractivity contribution in [2.24, 2.45) is 5.41 Å². The third-order valence-corrected chi connectivity index (χ3v) is 6.62. The second-order valence-corrected chi connectivity index (χ2v) is 10.4. The third kappa shape index (κ3) is 5.12. The number of thiophene rings is 1. The zero-order valence-electron chi connectivity index (χ0n) is 18.9. The van der Waals surface area contributed by atoms with E-state index in [0.717, 1.165) is 12.8 Å². The van der Waals surface area contributed by atoms with Gasteiger partial charge >= 0.3 is 0 Å². The van der Waals surface area contributed by atoms with Crippen LogP contribution in [0.5, 0.6) is 0 Å². The van der Waals surface area contributed by atoms with E-state index < -0.39 is 0 Å². The molecule has 0 radical (unpaired) electrons. The summed E-state index contributed by atoms with van der Waals surface area (Å²) in [5.74, 6) is 0.106. The molecular formula is C25H34N2O2S. The lowest BCUT2D eigenvalue weighted by atomic mass is 9.90. The summed E-state index contributed by atoms with van der Waals surface area (Å²) >= 11 is 1.77. The molecule has 1 aromatic carbocycles. The minimum absolute atomic E-state index is 0.0378. The van der Waals surface area contributed by atoms with E-state index in [-0.39, 0.29) is 29.8 Å². The number of nitrogens with zero attached hydrogens (tertiary/aromatic N) is 2. The van der Waals surface area contributed by atoms with Crippen LogP contribution >= 0.6 is 11.3 Å². The second kappa shape index (κ2) is 9.34. The van der Waals surface area contributed by atoms with Crippen molar-refractivity contribution in [1.82, 2.24) is 9.80 Å². The highest BCUT2D eigenvalue weighted by molar-refractivity contribution is 7.10. The Bertz CT molecular complexity index is 897. The highest BCUT2D eigenvalue weighted by Crippen LogP contribution is 2.39. The van der Waals surface area contributed by atoms with Gasteiger partial charge in [-0.1, -0.05) is 52.0 Å². The lowest BCUT2D eigenvalue weighted by Crippen LogP contribution is -2.47. The van der Waals surface area contributed by atoms with E-state index in [2.05, 4.69) is 58.2 Å². The van der Waals surface area contributed by atoms with Crippen molar-refractivity contribution in [2.75, 3.05) is 19.6 Å². The fourth-order valence-corrected chi connectivity index (χ4v) is 5.10. The zero-order chi connectivity index (χ0) is 21.9. The minimum atomic E-state index is -0.0908. The zero-order valence-corrected chi connectivity index (χ0v) is 19.7. The number of hydrogen-bond donors (Lipinski definition) is 0. The van der Waals surface area contributed by atoms with Gasteiger partial charge in [0, 0.05) is 24.4 Å². The molecule has 1 aliphatic rings. The van der Waals surface area contributed by atoms with Crippen LogP contribution in [0.2, 0.25) is 0 Å². The van der Waals surface area contributed by atoms with E-state index in [0.29, 0.717) is 19.5 Å². The van der Waals surface area contributed by atoms with Crippen molar-refractivity contribution < 1.29 is 9.59 Å². The van der Waals surface area contributed by atoms with Gasteiger partial charge in [0.1, 0.15) is 0 Å². The van der Waals surface area contributed by atoms with Crippen molar-refractivity contribution in [3.05, 3.63) is 57.3 Å². The highest BCUT2D eigenvalue weighted by Gasteiger charge is 2.34. The summed E-state index contributed by atoms with van der Waals surface area (Å²) in [5, 5.41) is 2.13. The van der Waals surface area contributed by atoms with Gasteiger partial charge in [-0.3, -0.25) is 9.59 Å². The molecule has 5 heteroatoms. The smallest absolute Gasteiger partial charge is 0.242 e. The van der Waals surface area contributed by atoms with E-state index in [1.807, 2.05) is 17.0 Å². The molecule has 1 atom stereocenters. The van der Waals surface area contributed by atoms with Crippen molar-refractivity contribution in [2.45, 2.75) is 59.9 Å². The van der Waals surface area contributed by atoms with Gasteiger partial charge in [-0.05, 0) is 53.3 Å². The van der Waals surface area contributed by atoms with Crippen LogP contribution in [0, 0.1) is 12.3 Å². The van der Waals surface area contributed by atoms with E-state index in [9.17, 15) is 9.59 Å². The molecule has 1 aliphatic heterocycles. The van der Waals surface area contributed by atoms with Crippen LogP contribution in [0.1, 0.15) is 68.1 Å². The molecule has 2 amide bonds. The van der Waals surface area contributed by atoms with Gasteiger partial charge in [0.05, 0.1) is 12.6 Å². The molecule has 2 aromatic rings. The summed E-state index contributed by atoms with van der Waals surface area (Å²) in [4.78, 5) is 31.5. The number of hydrogen-bond acceptors (Lipinski definition) is 3. The van der Waals surface area contributed by atoms with Crippen LogP contribution in [0.4, 0.5) is 0 Å². The molecule has 3 rings (SSSR count). The molecular weight excluding hydrogens is 392 g/mol. The van der Waals surface area contributed by atoms with Crippen LogP contribution in [-0.4, -0.2) is 41.2 Å². The topological polar surface area (TPSA) is 40.6 Å². The van der Waals surface area contributed by atoms with Crippen LogP contribution in [0.3, 0.4) is 0 Å². The van der Waals surface area contributed by atoms with Gasteiger partial charge in [-0.15, -0.1) is 11.3 Å². The van der Waals surface area contributed by atoms with Gasteiger partial charge in [0.25, 0.3) is 0 Å². The van der Waals surface area contributed by atoms with E-state index in [1.54, 1.807) is 16.2 Å². The van der Waals surface area contributed by atoms with Gasteiger partial charge in [-0.2, -0.15) is 0 Å². The van der Waals surface area contributed by atoms with Crippen molar-refractivity contribution in [3.63, 3.8) is 0 Å². The van der Waals surface area contributed by atoms with Crippen LogP contribution in [0.15, 0.2) is 35.7 Å². The van der Waals surface area contributed by atoms with Crippen LogP contribution in [-0.2, 0) is 16.0 Å². The summed E-state index contributed by atoms with van der Waals surface area (Å²) in [6, 6.07) is 10.4. The summed E-state index contributed by atoms with van der Waals surface area (Å²) in [5.41, 5.74) is 3.51. The lowest BCUT2D eigenvalue weighted by Gasteiger charge is -2.38. The number of amides is 2. The monoisotopic (exact) mass is 426 g/mol. The van der Waals surface area contributed by atoms with Gasteiger partial charge in [-0.25, -0.2) is 0 Å². The van der Waals surface area contributed by atoms with E-state index >= 15 is 0 Å². The Hall–Kier alpha value is -2.14. The maximum absolute atomic E-state index is 13.5. The molecule has 0 aliphatic carbocycles. The summed E-state index contributed by atoms with van der Waals surface area (Å²) in [6.45, 7) is 11.8. The molecule has 0 fully saturated rings. The molecule has 0 unspecified atom stereocenters. The first-order valence-electron chi connectivity index (χ1n) is 10.9. The molecule has 162 valence electrons. The fourth-order valence-electron chi connectivity index (χ4n) is 4.20. The SMILES string of the molecule is CCCN(CC(=O)N1CCc2sccc2[C@@H]1c1ccccc1C)C(=O)CC(C)(C)C. The molecule has 0 bridgehead atoms. The van der Waals surface area contributed by atoms with Crippen molar-refractivity contribution in [3.8, 4) is 0 Å². The summed E-state index contributed by atoms with van der Waals surface area (Å²) < 4.78 is 0. The quantitative estimate of drug-likeness (QED) is 0.636. The first-order chi connectivity index (χ1) is 14.2. The molecule has 30 heavy (non-hydrogen) atoms. The molecule has 0 saturated heterocycles. The Morgan fingerprint density at radius 3 is 2.57 bits per heavy atom. The summed E-state index contributed by atoms with van der Waals surface area (Å²) in [6.07, 6.45) is 2.18. The molecule has 2 heterocycles. The predicted octanol–water partition coefficient (Wildman–Crippen LogP) is 5.21. The highest BCUT2D eigenvalue weighted by atomic mass is 32.1.